The van der Waals surface area contributed by atoms with E-state index >= 15 is 0 Å². The molecule has 1 aliphatic rings. The Morgan fingerprint density at radius 2 is 1.79 bits per heavy atom. The lowest BCUT2D eigenvalue weighted by Gasteiger charge is -2.38. The van der Waals surface area contributed by atoms with Gasteiger partial charge in [0.05, 0.1) is 12.2 Å². The second-order valence-electron chi connectivity index (χ2n) is 10.6. The molecule has 0 amide bonds. The van der Waals surface area contributed by atoms with Crippen molar-refractivity contribution in [2.24, 2.45) is 11.8 Å². The maximum absolute atomic E-state index is 14.0. The van der Waals surface area contributed by atoms with Gasteiger partial charge in [0.25, 0.3) is 0 Å². The number of H-pyrrole nitrogens is 1. The van der Waals surface area contributed by atoms with Gasteiger partial charge in [-0.25, -0.2) is 9.89 Å². The van der Waals surface area contributed by atoms with Crippen molar-refractivity contribution in [1.82, 2.24) is 34.7 Å². The molecule has 1 fully saturated rings. The Bertz CT molecular complexity index is 1380. The standard InChI is InChI=1S/C30H39N7O/c1-4-7-13-25-20-37(28-21(5-2)11-10-12-22(28)6-3)30(38)36(25)19-24-18-23(16-17-31-24)26-14-8-9-15-27(26)29-32-34-35-33-29/h8-9,14-18,20-22,28H,4-7,10-13,19H2,1-3H3,(H,32,33,34,35). The highest BCUT2D eigenvalue weighted by atomic mass is 16.1. The molecule has 200 valence electrons. The van der Waals surface area contributed by atoms with E-state index in [1.807, 2.05) is 35.0 Å². The van der Waals surface area contributed by atoms with E-state index in [0.29, 0.717) is 24.2 Å². The zero-order valence-electron chi connectivity index (χ0n) is 22.8. The van der Waals surface area contributed by atoms with E-state index in [1.54, 1.807) is 0 Å². The second-order valence-corrected chi connectivity index (χ2v) is 10.6. The normalized spacial score (nSPS) is 19.6. The summed E-state index contributed by atoms with van der Waals surface area (Å²) in [5, 5.41) is 14.5. The van der Waals surface area contributed by atoms with Gasteiger partial charge >= 0.3 is 5.69 Å². The predicted molar refractivity (Wildman–Crippen MR) is 150 cm³/mol. The molecule has 4 aromatic rings. The van der Waals surface area contributed by atoms with Gasteiger partial charge in [0.2, 0.25) is 0 Å². The average Bonchev–Trinajstić information content (AvgIpc) is 3.60. The summed E-state index contributed by atoms with van der Waals surface area (Å²) in [7, 11) is 0. The fourth-order valence-corrected chi connectivity index (χ4v) is 6.31. The molecule has 3 heterocycles. The second kappa shape index (κ2) is 11.9. The van der Waals surface area contributed by atoms with E-state index in [0.717, 1.165) is 60.2 Å². The summed E-state index contributed by atoms with van der Waals surface area (Å²) in [5.74, 6) is 1.74. The maximum Gasteiger partial charge on any atom is 0.328 e. The maximum atomic E-state index is 14.0. The molecule has 5 rings (SSSR count). The average molecular weight is 514 g/mol. The number of aromatic amines is 1. The number of rotatable bonds is 10. The van der Waals surface area contributed by atoms with Crippen molar-refractivity contribution in [3.05, 3.63) is 70.7 Å². The van der Waals surface area contributed by atoms with Crippen LogP contribution in [0.3, 0.4) is 0 Å². The number of aryl methyl sites for hydroxylation is 1. The molecule has 8 heteroatoms. The third-order valence-electron chi connectivity index (χ3n) is 8.33. The first-order valence-electron chi connectivity index (χ1n) is 14.2. The van der Waals surface area contributed by atoms with Gasteiger partial charge in [0.15, 0.2) is 5.82 Å². The monoisotopic (exact) mass is 513 g/mol. The zero-order chi connectivity index (χ0) is 26.5. The molecule has 0 aliphatic heterocycles. The Labute approximate surface area is 224 Å². The third kappa shape index (κ3) is 5.22. The number of unbranched alkanes of at least 4 members (excludes halogenated alkanes) is 1. The van der Waals surface area contributed by atoms with Gasteiger partial charge in [-0.3, -0.25) is 14.1 Å². The Morgan fingerprint density at radius 3 is 2.47 bits per heavy atom. The van der Waals surface area contributed by atoms with Crippen molar-refractivity contribution < 1.29 is 0 Å². The molecule has 8 nitrogen and oxygen atoms in total. The summed E-state index contributed by atoms with van der Waals surface area (Å²) in [4.78, 5) is 18.7. The Morgan fingerprint density at radius 1 is 1.03 bits per heavy atom. The minimum atomic E-state index is 0.111. The third-order valence-corrected chi connectivity index (χ3v) is 8.33. The fraction of sp³-hybridized carbons (Fsp3) is 0.500. The summed E-state index contributed by atoms with van der Waals surface area (Å²) in [6.07, 6.45) is 13.0. The lowest BCUT2D eigenvalue weighted by molar-refractivity contribution is 0.145. The quantitative estimate of drug-likeness (QED) is 0.278. The smallest absolute Gasteiger partial charge is 0.295 e. The largest absolute Gasteiger partial charge is 0.328 e. The van der Waals surface area contributed by atoms with E-state index in [9.17, 15) is 4.79 Å². The number of pyridine rings is 1. The van der Waals surface area contributed by atoms with Crippen LogP contribution in [0.25, 0.3) is 22.5 Å². The molecule has 0 spiro atoms. The number of imidazole rings is 1. The van der Waals surface area contributed by atoms with Crippen LogP contribution in [0.2, 0.25) is 0 Å². The molecule has 2 atom stereocenters. The number of benzene rings is 1. The first kappa shape index (κ1) is 26.1. The molecule has 2 unspecified atom stereocenters. The van der Waals surface area contributed by atoms with E-state index in [-0.39, 0.29) is 11.7 Å². The van der Waals surface area contributed by atoms with Gasteiger partial charge in [-0.1, -0.05) is 70.7 Å². The van der Waals surface area contributed by atoms with Crippen LogP contribution in [-0.2, 0) is 13.0 Å². The van der Waals surface area contributed by atoms with Crippen molar-refractivity contribution in [3.63, 3.8) is 0 Å². The van der Waals surface area contributed by atoms with Gasteiger partial charge in [-0.2, -0.15) is 0 Å². The molecule has 0 bridgehead atoms. The molecule has 38 heavy (non-hydrogen) atoms. The summed E-state index contributed by atoms with van der Waals surface area (Å²) in [5.41, 5.74) is 5.06. The number of nitrogens with one attached hydrogen (secondary N) is 1. The lowest BCUT2D eigenvalue weighted by atomic mass is 9.74. The summed E-state index contributed by atoms with van der Waals surface area (Å²) in [6, 6.07) is 12.4. The number of nitrogens with zero attached hydrogens (tertiary/aromatic N) is 6. The van der Waals surface area contributed by atoms with Gasteiger partial charge in [0, 0.05) is 29.7 Å². The number of hydrogen-bond acceptors (Lipinski definition) is 5. The highest BCUT2D eigenvalue weighted by Crippen LogP contribution is 2.41. The van der Waals surface area contributed by atoms with E-state index in [4.69, 9.17) is 0 Å². The molecular formula is C30H39N7O. The van der Waals surface area contributed by atoms with Crippen LogP contribution in [0.5, 0.6) is 0 Å². The van der Waals surface area contributed by atoms with Gasteiger partial charge in [-0.05, 0) is 71.2 Å². The lowest BCUT2D eigenvalue weighted by Crippen LogP contribution is -2.37. The highest BCUT2D eigenvalue weighted by Gasteiger charge is 2.34. The topological polar surface area (TPSA) is 94.3 Å². The molecular weight excluding hydrogens is 474 g/mol. The van der Waals surface area contributed by atoms with Crippen LogP contribution in [0.15, 0.2) is 53.6 Å². The van der Waals surface area contributed by atoms with Crippen LogP contribution in [0, 0.1) is 11.8 Å². The van der Waals surface area contributed by atoms with Crippen molar-refractivity contribution in [3.8, 4) is 22.5 Å². The molecule has 1 saturated carbocycles. The minimum Gasteiger partial charge on any atom is -0.295 e. The van der Waals surface area contributed by atoms with E-state index in [1.165, 1.54) is 19.3 Å². The Hall–Kier alpha value is -3.55. The zero-order valence-corrected chi connectivity index (χ0v) is 22.8. The summed E-state index contributed by atoms with van der Waals surface area (Å²) in [6.45, 7) is 7.22. The number of aromatic nitrogens is 7. The van der Waals surface area contributed by atoms with Crippen molar-refractivity contribution in [1.29, 1.82) is 0 Å². The van der Waals surface area contributed by atoms with Gasteiger partial charge in [0.1, 0.15) is 0 Å². The molecule has 1 N–H and O–H groups in total. The fourth-order valence-electron chi connectivity index (χ4n) is 6.31. The highest BCUT2D eigenvalue weighted by molar-refractivity contribution is 5.80. The molecule has 1 aromatic carbocycles. The van der Waals surface area contributed by atoms with Crippen LogP contribution in [0.4, 0.5) is 0 Å². The molecule has 1 aliphatic carbocycles. The first-order valence-corrected chi connectivity index (χ1v) is 14.2. The Balaban J connectivity index is 1.52. The van der Waals surface area contributed by atoms with E-state index in [2.05, 4.69) is 69.3 Å². The predicted octanol–water partition coefficient (Wildman–Crippen LogP) is 6.06. The van der Waals surface area contributed by atoms with Crippen LogP contribution in [-0.4, -0.2) is 34.7 Å². The van der Waals surface area contributed by atoms with Crippen LogP contribution in [0.1, 0.15) is 83.1 Å². The van der Waals surface area contributed by atoms with Crippen molar-refractivity contribution in [2.75, 3.05) is 0 Å². The van der Waals surface area contributed by atoms with Crippen molar-refractivity contribution >= 4 is 0 Å². The summed E-state index contributed by atoms with van der Waals surface area (Å²) >= 11 is 0. The first-order chi connectivity index (χ1) is 18.6. The number of hydrogen-bond donors (Lipinski definition) is 1. The minimum absolute atomic E-state index is 0.111. The van der Waals surface area contributed by atoms with Gasteiger partial charge < -0.3 is 0 Å². The number of tetrazole rings is 1. The molecule has 0 radical (unpaired) electrons. The van der Waals surface area contributed by atoms with E-state index < -0.39 is 0 Å². The molecule has 0 saturated heterocycles. The van der Waals surface area contributed by atoms with Crippen molar-refractivity contribution in [2.45, 2.75) is 84.7 Å². The van der Waals surface area contributed by atoms with Crippen LogP contribution >= 0.6 is 0 Å². The summed E-state index contributed by atoms with van der Waals surface area (Å²) < 4.78 is 4.07. The van der Waals surface area contributed by atoms with Gasteiger partial charge in [-0.15, -0.1) is 5.10 Å². The SMILES string of the molecule is CCCCc1cn(C2C(CC)CCCC2CC)c(=O)n1Cc1cc(-c2ccccc2-c2nnn[nH]2)ccn1. The molecule has 3 aromatic heterocycles. The van der Waals surface area contributed by atoms with Crippen LogP contribution < -0.4 is 5.69 Å². The Kier molecular flexibility index (Phi) is 8.15.